The Hall–Kier alpha value is -1.75. The maximum atomic E-state index is 5.73. The third-order valence-corrected chi connectivity index (χ3v) is 2.84. The van der Waals surface area contributed by atoms with Crippen molar-refractivity contribution in [2.45, 2.75) is 10.1 Å². The molecule has 0 radical (unpaired) electrons. The summed E-state index contributed by atoms with van der Waals surface area (Å²) in [5.74, 6) is 0.668. The molecule has 0 bridgehead atoms. The van der Waals surface area contributed by atoms with Crippen molar-refractivity contribution in [3.05, 3.63) is 36.7 Å². The van der Waals surface area contributed by atoms with E-state index >= 15 is 0 Å². The second-order valence-electron chi connectivity index (χ2n) is 3.04. The van der Waals surface area contributed by atoms with Crippen LogP contribution in [0.4, 0.5) is 5.69 Å². The average molecular weight is 233 g/mol. The number of benzene rings is 1. The first-order valence-electron chi connectivity index (χ1n) is 4.68. The van der Waals surface area contributed by atoms with E-state index in [0.717, 1.165) is 4.90 Å². The van der Waals surface area contributed by atoms with Crippen LogP contribution in [0.25, 0.3) is 0 Å². The van der Waals surface area contributed by atoms with E-state index in [4.69, 9.17) is 10.5 Å². The Balaban J connectivity index is 2.22. The van der Waals surface area contributed by atoms with E-state index in [2.05, 4.69) is 9.97 Å². The van der Waals surface area contributed by atoms with E-state index in [9.17, 15) is 0 Å². The minimum Gasteiger partial charge on any atom is -0.495 e. The Labute approximate surface area is 97.9 Å². The van der Waals surface area contributed by atoms with Crippen molar-refractivity contribution in [2.24, 2.45) is 0 Å². The van der Waals surface area contributed by atoms with Crippen LogP contribution in [0, 0.1) is 0 Å². The van der Waals surface area contributed by atoms with Crippen molar-refractivity contribution in [1.82, 2.24) is 9.97 Å². The highest BCUT2D eigenvalue weighted by Gasteiger charge is 2.03. The Morgan fingerprint density at radius 1 is 1.25 bits per heavy atom. The Bertz CT molecular complexity index is 476. The van der Waals surface area contributed by atoms with Gasteiger partial charge in [-0.05, 0) is 36.0 Å². The maximum absolute atomic E-state index is 5.73. The molecule has 0 unspecified atom stereocenters. The number of methoxy groups -OCH3 is 1. The van der Waals surface area contributed by atoms with Crippen LogP contribution in [0.3, 0.4) is 0 Å². The van der Waals surface area contributed by atoms with E-state index in [1.54, 1.807) is 25.6 Å². The number of hydrogen-bond acceptors (Lipinski definition) is 5. The molecule has 0 aliphatic rings. The number of nitrogen functional groups attached to an aromatic ring is 1. The predicted molar refractivity (Wildman–Crippen MR) is 63.6 cm³/mol. The Kier molecular flexibility index (Phi) is 3.26. The molecule has 4 nitrogen and oxygen atoms in total. The first-order valence-corrected chi connectivity index (χ1v) is 5.49. The molecule has 1 aromatic carbocycles. The van der Waals surface area contributed by atoms with E-state index in [1.807, 2.05) is 18.2 Å². The fourth-order valence-electron chi connectivity index (χ4n) is 1.20. The molecule has 1 heterocycles. The number of rotatable bonds is 3. The minimum atomic E-state index is 0.626. The van der Waals surface area contributed by atoms with Crippen LogP contribution < -0.4 is 10.5 Å². The number of nitrogens with two attached hydrogens (primary N) is 1. The van der Waals surface area contributed by atoms with Gasteiger partial charge in [0.05, 0.1) is 12.8 Å². The molecule has 0 amide bonds. The quantitative estimate of drug-likeness (QED) is 0.650. The first-order chi connectivity index (χ1) is 7.79. The predicted octanol–water partition coefficient (Wildman–Crippen LogP) is 2.22. The van der Waals surface area contributed by atoms with Crippen molar-refractivity contribution in [3.63, 3.8) is 0 Å². The molecular weight excluding hydrogens is 222 g/mol. The van der Waals surface area contributed by atoms with Gasteiger partial charge in [-0.1, -0.05) is 0 Å². The van der Waals surface area contributed by atoms with Crippen LogP contribution >= 0.6 is 11.8 Å². The fraction of sp³-hybridized carbons (Fsp3) is 0.0909. The van der Waals surface area contributed by atoms with Gasteiger partial charge in [0.2, 0.25) is 0 Å². The molecule has 0 spiro atoms. The summed E-state index contributed by atoms with van der Waals surface area (Å²) >= 11 is 1.47. The normalized spacial score (nSPS) is 10.1. The van der Waals surface area contributed by atoms with Gasteiger partial charge >= 0.3 is 0 Å². The monoisotopic (exact) mass is 233 g/mol. The lowest BCUT2D eigenvalue weighted by Gasteiger charge is -2.06. The standard InChI is InChI=1S/C11H11N3OS/c1-15-10-7-8(3-4-9(10)12)16-11-13-5-2-6-14-11/h2-7H,12H2,1H3. The molecule has 0 fully saturated rings. The van der Waals surface area contributed by atoms with Crippen LogP contribution in [0.1, 0.15) is 0 Å². The fourth-order valence-corrected chi connectivity index (χ4v) is 1.94. The van der Waals surface area contributed by atoms with Gasteiger partial charge in [-0.3, -0.25) is 0 Å². The van der Waals surface area contributed by atoms with Crippen molar-refractivity contribution in [2.75, 3.05) is 12.8 Å². The first kappa shape index (κ1) is 10.8. The molecule has 0 atom stereocenters. The third kappa shape index (κ3) is 2.43. The average Bonchev–Trinajstić information content (AvgIpc) is 2.33. The molecule has 16 heavy (non-hydrogen) atoms. The second kappa shape index (κ2) is 4.85. The third-order valence-electron chi connectivity index (χ3n) is 1.96. The SMILES string of the molecule is COc1cc(Sc2ncccn2)ccc1N. The largest absolute Gasteiger partial charge is 0.495 e. The van der Waals surface area contributed by atoms with Crippen molar-refractivity contribution >= 4 is 17.4 Å². The molecule has 2 N–H and O–H groups in total. The molecule has 2 rings (SSSR count). The van der Waals surface area contributed by atoms with Gasteiger partial charge in [-0.2, -0.15) is 0 Å². The highest BCUT2D eigenvalue weighted by Crippen LogP contribution is 2.30. The zero-order valence-corrected chi connectivity index (χ0v) is 9.57. The minimum absolute atomic E-state index is 0.626. The van der Waals surface area contributed by atoms with Crippen LogP contribution in [0.2, 0.25) is 0 Å². The lowest BCUT2D eigenvalue weighted by Crippen LogP contribution is -1.92. The maximum Gasteiger partial charge on any atom is 0.192 e. The molecule has 5 heteroatoms. The summed E-state index contributed by atoms with van der Waals surface area (Å²) in [6.45, 7) is 0. The van der Waals surface area contributed by atoms with E-state index in [-0.39, 0.29) is 0 Å². The van der Waals surface area contributed by atoms with Gasteiger partial charge in [-0.25, -0.2) is 9.97 Å². The van der Waals surface area contributed by atoms with Crippen molar-refractivity contribution in [3.8, 4) is 5.75 Å². The van der Waals surface area contributed by atoms with Gasteiger partial charge in [0.25, 0.3) is 0 Å². The molecule has 82 valence electrons. The lowest BCUT2D eigenvalue weighted by atomic mass is 10.3. The van der Waals surface area contributed by atoms with Crippen LogP contribution in [-0.2, 0) is 0 Å². The molecular formula is C11H11N3OS. The lowest BCUT2D eigenvalue weighted by molar-refractivity contribution is 0.416. The number of hydrogen-bond donors (Lipinski definition) is 1. The summed E-state index contributed by atoms with van der Waals surface area (Å²) in [6.07, 6.45) is 3.42. The summed E-state index contributed by atoms with van der Waals surface area (Å²) in [6, 6.07) is 7.38. The molecule has 0 saturated heterocycles. The van der Waals surface area contributed by atoms with Crippen LogP contribution in [-0.4, -0.2) is 17.1 Å². The van der Waals surface area contributed by atoms with Crippen LogP contribution in [0.5, 0.6) is 5.75 Å². The second-order valence-corrected chi connectivity index (χ2v) is 4.08. The van der Waals surface area contributed by atoms with Gasteiger partial charge in [0, 0.05) is 17.3 Å². The van der Waals surface area contributed by atoms with E-state index in [1.165, 1.54) is 11.8 Å². The molecule has 0 aliphatic heterocycles. The molecule has 0 aliphatic carbocycles. The zero-order chi connectivity index (χ0) is 11.4. The Morgan fingerprint density at radius 3 is 2.69 bits per heavy atom. The van der Waals surface area contributed by atoms with Gasteiger partial charge < -0.3 is 10.5 Å². The number of anilines is 1. The number of aromatic nitrogens is 2. The summed E-state index contributed by atoms with van der Waals surface area (Å²) in [5.41, 5.74) is 6.35. The number of nitrogens with zero attached hydrogens (tertiary/aromatic N) is 2. The summed E-state index contributed by atoms with van der Waals surface area (Å²) < 4.78 is 5.14. The Morgan fingerprint density at radius 2 is 2.00 bits per heavy atom. The zero-order valence-electron chi connectivity index (χ0n) is 8.75. The molecule has 2 aromatic rings. The summed E-state index contributed by atoms with van der Waals surface area (Å²) in [4.78, 5) is 9.26. The van der Waals surface area contributed by atoms with Crippen molar-refractivity contribution in [1.29, 1.82) is 0 Å². The highest BCUT2D eigenvalue weighted by atomic mass is 32.2. The topological polar surface area (TPSA) is 61.0 Å². The van der Waals surface area contributed by atoms with Gasteiger partial charge in [0.1, 0.15) is 5.75 Å². The van der Waals surface area contributed by atoms with Gasteiger partial charge in [0.15, 0.2) is 5.16 Å². The van der Waals surface area contributed by atoms with E-state index < -0.39 is 0 Å². The van der Waals surface area contributed by atoms with Crippen molar-refractivity contribution < 1.29 is 4.74 Å². The van der Waals surface area contributed by atoms with Gasteiger partial charge in [-0.15, -0.1) is 0 Å². The molecule has 0 saturated carbocycles. The molecule has 1 aromatic heterocycles. The smallest absolute Gasteiger partial charge is 0.192 e. The highest BCUT2D eigenvalue weighted by molar-refractivity contribution is 7.99. The van der Waals surface area contributed by atoms with E-state index in [0.29, 0.717) is 16.6 Å². The number of ether oxygens (including phenoxy) is 1. The summed E-state index contributed by atoms with van der Waals surface area (Å²) in [5, 5.41) is 0.703. The summed E-state index contributed by atoms with van der Waals surface area (Å²) in [7, 11) is 1.60. The van der Waals surface area contributed by atoms with Crippen LogP contribution in [0.15, 0.2) is 46.7 Å².